The molecule has 0 saturated heterocycles. The van der Waals surface area contributed by atoms with Gasteiger partial charge < -0.3 is 4.98 Å². The molecule has 0 unspecified atom stereocenters. The zero-order valence-electron chi connectivity index (χ0n) is 15.2. The van der Waals surface area contributed by atoms with Crippen molar-refractivity contribution in [3.8, 4) is 5.69 Å². The van der Waals surface area contributed by atoms with Gasteiger partial charge in [0.15, 0.2) is 10.8 Å². The van der Waals surface area contributed by atoms with E-state index in [9.17, 15) is 9.18 Å². The van der Waals surface area contributed by atoms with E-state index in [0.717, 1.165) is 11.3 Å². The lowest BCUT2D eigenvalue weighted by molar-refractivity contribution is 0.617. The highest BCUT2D eigenvalue weighted by molar-refractivity contribution is 7.98. The van der Waals surface area contributed by atoms with Gasteiger partial charge in [-0.2, -0.15) is 5.10 Å². The van der Waals surface area contributed by atoms with Crippen LogP contribution in [0, 0.1) is 19.7 Å². The van der Waals surface area contributed by atoms with E-state index in [-0.39, 0.29) is 17.1 Å². The monoisotopic (exact) mass is 414 g/mol. The summed E-state index contributed by atoms with van der Waals surface area (Å²) in [4.78, 5) is 19.7. The molecule has 142 valence electrons. The zero-order chi connectivity index (χ0) is 19.8. The molecule has 0 aliphatic carbocycles. The van der Waals surface area contributed by atoms with Gasteiger partial charge in [-0.3, -0.25) is 4.79 Å². The number of nitrogens with zero attached hydrogens (tertiary/aromatic N) is 3. The number of rotatable bonds is 4. The lowest BCUT2D eigenvalue weighted by Gasteiger charge is -2.08. The molecule has 4 aromatic rings. The molecule has 0 fully saturated rings. The van der Waals surface area contributed by atoms with Crippen molar-refractivity contribution in [2.75, 3.05) is 0 Å². The van der Waals surface area contributed by atoms with Crippen molar-refractivity contribution < 1.29 is 4.39 Å². The standard InChI is InChI=1S/C20H16ClFN4OS/c1-11-6-7-13(8-12(11)2)26-18-14(9-23-26)19(27)25-20(24-18)28-10-15-16(21)4-3-5-17(15)22/h3-9H,10H2,1-2H3,(H,24,25,27). The first-order valence-electron chi connectivity index (χ1n) is 8.55. The molecule has 0 amide bonds. The smallest absolute Gasteiger partial charge is 0.262 e. The Kier molecular flexibility index (Phi) is 4.95. The fourth-order valence-electron chi connectivity index (χ4n) is 2.82. The van der Waals surface area contributed by atoms with Gasteiger partial charge in [0.2, 0.25) is 0 Å². The van der Waals surface area contributed by atoms with E-state index in [2.05, 4.69) is 15.1 Å². The summed E-state index contributed by atoms with van der Waals surface area (Å²) in [7, 11) is 0. The summed E-state index contributed by atoms with van der Waals surface area (Å²) in [6.45, 7) is 4.05. The van der Waals surface area contributed by atoms with Crippen LogP contribution in [-0.2, 0) is 5.75 Å². The van der Waals surface area contributed by atoms with Crippen molar-refractivity contribution in [1.82, 2.24) is 19.7 Å². The molecule has 0 spiro atoms. The highest BCUT2D eigenvalue weighted by Crippen LogP contribution is 2.27. The molecule has 1 N–H and O–H groups in total. The molecule has 0 aliphatic rings. The summed E-state index contributed by atoms with van der Waals surface area (Å²) in [6.07, 6.45) is 1.50. The first-order chi connectivity index (χ1) is 13.4. The summed E-state index contributed by atoms with van der Waals surface area (Å²) in [5.41, 5.74) is 3.65. The van der Waals surface area contributed by atoms with Gasteiger partial charge in [-0.25, -0.2) is 14.1 Å². The Hall–Kier alpha value is -2.64. The minimum Gasteiger partial charge on any atom is -0.301 e. The lowest BCUT2D eigenvalue weighted by Crippen LogP contribution is -2.10. The Labute approximate surface area is 169 Å². The average molecular weight is 415 g/mol. The molecule has 0 saturated carbocycles. The molecule has 4 rings (SSSR count). The van der Waals surface area contributed by atoms with E-state index in [4.69, 9.17) is 11.6 Å². The number of fused-ring (bicyclic) bond motifs is 1. The predicted molar refractivity (Wildman–Crippen MR) is 110 cm³/mol. The summed E-state index contributed by atoms with van der Waals surface area (Å²) in [6, 6.07) is 10.5. The summed E-state index contributed by atoms with van der Waals surface area (Å²) >= 11 is 7.29. The molecule has 0 bridgehead atoms. The third-order valence-electron chi connectivity index (χ3n) is 4.57. The second-order valence-electron chi connectivity index (χ2n) is 6.42. The van der Waals surface area contributed by atoms with Crippen LogP contribution >= 0.6 is 23.4 Å². The van der Waals surface area contributed by atoms with Crippen molar-refractivity contribution in [1.29, 1.82) is 0 Å². The molecule has 5 nitrogen and oxygen atoms in total. The second kappa shape index (κ2) is 7.41. The van der Waals surface area contributed by atoms with Crippen LogP contribution < -0.4 is 5.56 Å². The molecule has 0 atom stereocenters. The maximum atomic E-state index is 14.0. The van der Waals surface area contributed by atoms with Crippen LogP contribution in [0.2, 0.25) is 5.02 Å². The van der Waals surface area contributed by atoms with Crippen molar-refractivity contribution in [3.05, 3.63) is 80.5 Å². The molecule has 2 aromatic heterocycles. The van der Waals surface area contributed by atoms with Crippen molar-refractivity contribution in [2.45, 2.75) is 24.8 Å². The maximum absolute atomic E-state index is 14.0. The highest BCUT2D eigenvalue weighted by atomic mass is 35.5. The van der Waals surface area contributed by atoms with E-state index in [1.54, 1.807) is 16.8 Å². The van der Waals surface area contributed by atoms with Crippen molar-refractivity contribution in [3.63, 3.8) is 0 Å². The van der Waals surface area contributed by atoms with E-state index in [1.165, 1.54) is 29.6 Å². The van der Waals surface area contributed by atoms with Crippen LogP contribution in [0.5, 0.6) is 0 Å². The molecule has 8 heteroatoms. The Morgan fingerprint density at radius 2 is 2.04 bits per heavy atom. The number of H-pyrrole nitrogens is 1. The predicted octanol–water partition coefficient (Wildman–Crippen LogP) is 4.81. The number of hydrogen-bond acceptors (Lipinski definition) is 4. The van der Waals surface area contributed by atoms with Gasteiger partial charge in [0, 0.05) is 16.3 Å². The first kappa shape index (κ1) is 18.7. The van der Waals surface area contributed by atoms with Gasteiger partial charge in [0.05, 0.1) is 11.9 Å². The molecule has 0 aliphatic heterocycles. The molecule has 0 radical (unpaired) electrons. The minimum atomic E-state index is -0.386. The van der Waals surface area contributed by atoms with Crippen LogP contribution in [0.25, 0.3) is 16.7 Å². The van der Waals surface area contributed by atoms with Crippen LogP contribution in [0.1, 0.15) is 16.7 Å². The number of thioether (sulfide) groups is 1. The number of aromatic amines is 1. The van der Waals surface area contributed by atoms with E-state index >= 15 is 0 Å². The van der Waals surface area contributed by atoms with Gasteiger partial charge in [0.25, 0.3) is 5.56 Å². The fraction of sp³-hybridized carbons (Fsp3) is 0.150. The number of aromatic nitrogens is 4. The van der Waals surface area contributed by atoms with Gasteiger partial charge >= 0.3 is 0 Å². The molecule has 28 heavy (non-hydrogen) atoms. The normalized spacial score (nSPS) is 11.3. The summed E-state index contributed by atoms with van der Waals surface area (Å²) < 4.78 is 15.6. The zero-order valence-corrected chi connectivity index (χ0v) is 16.7. The van der Waals surface area contributed by atoms with E-state index in [1.807, 2.05) is 32.0 Å². The van der Waals surface area contributed by atoms with Crippen LogP contribution in [-0.4, -0.2) is 19.7 Å². The van der Waals surface area contributed by atoms with Gasteiger partial charge in [0.1, 0.15) is 11.2 Å². The Balaban J connectivity index is 1.73. The topological polar surface area (TPSA) is 63.6 Å². The number of benzene rings is 2. The third kappa shape index (κ3) is 3.43. The maximum Gasteiger partial charge on any atom is 0.262 e. The van der Waals surface area contributed by atoms with Crippen molar-refractivity contribution >= 4 is 34.4 Å². The number of aryl methyl sites for hydroxylation is 2. The van der Waals surface area contributed by atoms with Gasteiger partial charge in [-0.1, -0.05) is 35.5 Å². The molecular formula is C20H16ClFN4OS. The SMILES string of the molecule is Cc1ccc(-n2ncc3c(=O)[nH]c(SCc4c(F)cccc4Cl)nc32)cc1C. The highest BCUT2D eigenvalue weighted by Gasteiger charge is 2.14. The number of nitrogens with one attached hydrogen (secondary N) is 1. The Morgan fingerprint density at radius 1 is 1.21 bits per heavy atom. The average Bonchev–Trinajstić information content (AvgIpc) is 3.08. The largest absolute Gasteiger partial charge is 0.301 e. The molecule has 2 aromatic carbocycles. The first-order valence-corrected chi connectivity index (χ1v) is 9.92. The van der Waals surface area contributed by atoms with Crippen LogP contribution in [0.3, 0.4) is 0 Å². The van der Waals surface area contributed by atoms with Crippen LogP contribution in [0.15, 0.2) is 52.5 Å². The Morgan fingerprint density at radius 3 is 2.79 bits per heavy atom. The molecule has 2 heterocycles. The van der Waals surface area contributed by atoms with E-state index in [0.29, 0.717) is 26.8 Å². The lowest BCUT2D eigenvalue weighted by atomic mass is 10.1. The number of hydrogen-bond donors (Lipinski definition) is 1. The second-order valence-corrected chi connectivity index (χ2v) is 7.79. The quantitative estimate of drug-likeness (QED) is 0.384. The summed E-state index contributed by atoms with van der Waals surface area (Å²) in [5, 5.41) is 5.44. The summed E-state index contributed by atoms with van der Waals surface area (Å²) in [5.74, 6) is -0.138. The van der Waals surface area contributed by atoms with Gasteiger partial charge in [-0.05, 0) is 49.2 Å². The van der Waals surface area contributed by atoms with E-state index < -0.39 is 0 Å². The molecular weight excluding hydrogens is 399 g/mol. The van der Waals surface area contributed by atoms with Crippen LogP contribution in [0.4, 0.5) is 4.39 Å². The minimum absolute atomic E-state index is 0.248. The fourth-order valence-corrected chi connectivity index (χ4v) is 4.02. The third-order valence-corrected chi connectivity index (χ3v) is 5.82. The Bertz CT molecular complexity index is 1230. The van der Waals surface area contributed by atoms with Crippen molar-refractivity contribution in [2.24, 2.45) is 0 Å². The number of halogens is 2. The van der Waals surface area contributed by atoms with Gasteiger partial charge in [-0.15, -0.1) is 0 Å².